The van der Waals surface area contributed by atoms with Gasteiger partial charge in [-0.15, -0.1) is 0 Å². The first-order chi connectivity index (χ1) is 17.3. The number of amides is 1. The quantitative estimate of drug-likeness (QED) is 0.424. The Labute approximate surface area is 208 Å². The summed E-state index contributed by atoms with van der Waals surface area (Å²) in [6.07, 6.45) is 7.40. The number of rotatable bonds is 9. The van der Waals surface area contributed by atoms with Crippen LogP contribution in [0.4, 0.5) is 5.69 Å². The summed E-state index contributed by atoms with van der Waals surface area (Å²) in [6, 6.07) is 18.1. The second kappa shape index (κ2) is 11.6. The van der Waals surface area contributed by atoms with E-state index < -0.39 is 0 Å². The molecular weight excluding hydrogens is 436 g/mol. The third-order valence-corrected chi connectivity index (χ3v) is 7.09. The molecule has 2 aliphatic heterocycles. The number of benzene rings is 2. The maximum absolute atomic E-state index is 12.5. The maximum Gasteiger partial charge on any atom is 0.251 e. The van der Waals surface area contributed by atoms with E-state index in [1.54, 1.807) is 0 Å². The number of likely N-dealkylation sites (tertiary alicyclic amines) is 1. The van der Waals surface area contributed by atoms with Crippen molar-refractivity contribution in [2.24, 2.45) is 0 Å². The van der Waals surface area contributed by atoms with Crippen molar-refractivity contribution in [2.45, 2.75) is 44.6 Å². The number of fused-ring (bicyclic) bond motifs is 1. The predicted molar refractivity (Wildman–Crippen MR) is 142 cm³/mol. The first-order valence-corrected chi connectivity index (χ1v) is 13.1. The molecular formula is C29H36N4O2. The van der Waals surface area contributed by atoms with Gasteiger partial charge in [0.1, 0.15) is 0 Å². The number of hydrogen-bond acceptors (Lipinski definition) is 5. The summed E-state index contributed by atoms with van der Waals surface area (Å²) in [5, 5.41) is 7.80. The zero-order valence-electron chi connectivity index (χ0n) is 20.5. The summed E-state index contributed by atoms with van der Waals surface area (Å²) in [7, 11) is 0. The second-order valence-corrected chi connectivity index (χ2v) is 9.68. The van der Waals surface area contributed by atoms with E-state index in [2.05, 4.69) is 39.8 Å². The number of anilines is 1. The van der Waals surface area contributed by atoms with Gasteiger partial charge in [-0.2, -0.15) is 0 Å². The van der Waals surface area contributed by atoms with Crippen molar-refractivity contribution < 1.29 is 9.53 Å². The van der Waals surface area contributed by atoms with Crippen LogP contribution in [0.2, 0.25) is 0 Å². The Morgan fingerprint density at radius 3 is 2.66 bits per heavy atom. The molecule has 2 N–H and O–H groups in total. The molecule has 1 aromatic heterocycles. The summed E-state index contributed by atoms with van der Waals surface area (Å²) < 4.78 is 5.60. The van der Waals surface area contributed by atoms with E-state index in [1.807, 2.05) is 30.3 Å². The highest BCUT2D eigenvalue weighted by molar-refractivity contribution is 5.96. The van der Waals surface area contributed by atoms with Gasteiger partial charge in [0.2, 0.25) is 0 Å². The van der Waals surface area contributed by atoms with E-state index in [1.165, 1.54) is 32.4 Å². The van der Waals surface area contributed by atoms with Crippen molar-refractivity contribution in [2.75, 3.05) is 44.6 Å². The van der Waals surface area contributed by atoms with Crippen LogP contribution in [0.25, 0.3) is 22.2 Å². The number of aromatic nitrogens is 1. The van der Waals surface area contributed by atoms with Crippen molar-refractivity contribution >= 4 is 22.5 Å². The molecule has 1 unspecified atom stereocenters. The molecule has 2 saturated heterocycles. The summed E-state index contributed by atoms with van der Waals surface area (Å²) in [5.74, 6) is -0.0606. The van der Waals surface area contributed by atoms with Gasteiger partial charge in [0.25, 0.3) is 5.91 Å². The van der Waals surface area contributed by atoms with Crippen LogP contribution in [0, 0.1) is 0 Å². The van der Waals surface area contributed by atoms with E-state index in [4.69, 9.17) is 9.72 Å². The number of piperidine rings is 1. The fourth-order valence-corrected chi connectivity index (χ4v) is 5.08. The number of ether oxygens (including phenoxy) is 1. The van der Waals surface area contributed by atoms with E-state index in [-0.39, 0.29) is 12.0 Å². The number of nitrogens with zero attached hydrogens (tertiary/aromatic N) is 2. The lowest BCUT2D eigenvalue weighted by Gasteiger charge is -2.26. The number of hydrogen-bond donors (Lipinski definition) is 2. The third kappa shape index (κ3) is 6.19. The van der Waals surface area contributed by atoms with E-state index in [9.17, 15) is 4.79 Å². The fourth-order valence-electron chi connectivity index (χ4n) is 5.08. The first-order valence-electron chi connectivity index (χ1n) is 13.1. The van der Waals surface area contributed by atoms with E-state index >= 15 is 0 Å². The summed E-state index contributed by atoms with van der Waals surface area (Å²) >= 11 is 0. The molecule has 0 saturated carbocycles. The lowest BCUT2D eigenvalue weighted by Crippen LogP contribution is -2.31. The molecule has 184 valence electrons. The molecule has 5 rings (SSSR count). The molecule has 0 spiro atoms. The Morgan fingerprint density at radius 1 is 1.03 bits per heavy atom. The highest BCUT2D eigenvalue weighted by Gasteiger charge is 2.17. The molecule has 3 heterocycles. The van der Waals surface area contributed by atoms with Gasteiger partial charge in [0, 0.05) is 41.9 Å². The molecule has 1 atom stereocenters. The van der Waals surface area contributed by atoms with Crippen LogP contribution in [0.1, 0.15) is 48.9 Å². The van der Waals surface area contributed by atoms with Gasteiger partial charge >= 0.3 is 0 Å². The minimum absolute atomic E-state index is 0.0606. The van der Waals surface area contributed by atoms with Crippen molar-refractivity contribution in [3.8, 4) is 11.3 Å². The van der Waals surface area contributed by atoms with Gasteiger partial charge in [-0.1, -0.05) is 36.8 Å². The highest BCUT2D eigenvalue weighted by atomic mass is 16.5. The number of para-hydroxylation sites is 1. The Bertz CT molecular complexity index is 1120. The zero-order valence-corrected chi connectivity index (χ0v) is 20.5. The number of pyridine rings is 1. The summed E-state index contributed by atoms with van der Waals surface area (Å²) in [6.45, 7) is 5.94. The first kappa shape index (κ1) is 23.8. The van der Waals surface area contributed by atoms with Crippen LogP contribution in [0.5, 0.6) is 0 Å². The largest absolute Gasteiger partial charge is 0.384 e. The van der Waals surface area contributed by atoms with Gasteiger partial charge < -0.3 is 20.3 Å². The van der Waals surface area contributed by atoms with Gasteiger partial charge in [-0.05, 0) is 76.0 Å². The number of carbonyl (C=O) groups is 1. The zero-order chi connectivity index (χ0) is 23.9. The molecule has 6 nitrogen and oxygen atoms in total. The lowest BCUT2D eigenvalue weighted by atomic mass is 10.1. The molecule has 2 aromatic carbocycles. The van der Waals surface area contributed by atoms with Crippen molar-refractivity contribution in [3.05, 3.63) is 60.2 Å². The maximum atomic E-state index is 12.5. The molecule has 35 heavy (non-hydrogen) atoms. The highest BCUT2D eigenvalue weighted by Crippen LogP contribution is 2.28. The van der Waals surface area contributed by atoms with Crippen LogP contribution in [0.3, 0.4) is 0 Å². The molecule has 6 heteroatoms. The Morgan fingerprint density at radius 2 is 1.86 bits per heavy atom. The molecule has 0 aliphatic carbocycles. The SMILES string of the molecule is O=C(NCC1CCCO1)c1ccc(-c2cc(NCCCN3CCCCC3)c3ccccc3n2)cc1. The molecule has 0 bridgehead atoms. The molecule has 2 aliphatic rings. The Kier molecular flexibility index (Phi) is 7.91. The average Bonchev–Trinajstić information content (AvgIpc) is 3.44. The molecule has 0 radical (unpaired) electrons. The van der Waals surface area contributed by atoms with Crippen LogP contribution in [0.15, 0.2) is 54.6 Å². The minimum Gasteiger partial charge on any atom is -0.384 e. The van der Waals surface area contributed by atoms with Crippen molar-refractivity contribution in [1.29, 1.82) is 0 Å². The molecule has 3 aromatic rings. The smallest absolute Gasteiger partial charge is 0.251 e. The van der Waals surface area contributed by atoms with Crippen LogP contribution in [-0.2, 0) is 4.74 Å². The van der Waals surface area contributed by atoms with Crippen molar-refractivity contribution in [3.63, 3.8) is 0 Å². The topological polar surface area (TPSA) is 66.5 Å². The number of carbonyl (C=O) groups excluding carboxylic acids is 1. The average molecular weight is 473 g/mol. The van der Waals surface area contributed by atoms with Gasteiger partial charge in [0.05, 0.1) is 17.3 Å². The fraction of sp³-hybridized carbons (Fsp3) is 0.448. The third-order valence-electron chi connectivity index (χ3n) is 7.09. The molecule has 2 fully saturated rings. The normalized spacial score (nSPS) is 18.6. The van der Waals surface area contributed by atoms with Crippen LogP contribution in [-0.4, -0.2) is 61.2 Å². The lowest BCUT2D eigenvalue weighted by molar-refractivity contribution is 0.0858. The number of nitrogens with one attached hydrogen (secondary N) is 2. The van der Waals surface area contributed by atoms with E-state index in [0.29, 0.717) is 12.1 Å². The van der Waals surface area contributed by atoms with Gasteiger partial charge in [0.15, 0.2) is 0 Å². The van der Waals surface area contributed by atoms with Crippen molar-refractivity contribution in [1.82, 2.24) is 15.2 Å². The summed E-state index contributed by atoms with van der Waals surface area (Å²) in [4.78, 5) is 20.0. The van der Waals surface area contributed by atoms with Crippen LogP contribution >= 0.6 is 0 Å². The molecule has 1 amide bonds. The summed E-state index contributed by atoms with van der Waals surface area (Å²) in [5.41, 5.74) is 4.66. The standard InChI is InChI=1S/C29H36N4O2/c34-29(31-21-24-8-6-19-35-24)23-13-11-22(12-14-23)27-20-28(25-9-2-3-10-26(25)32-27)30-15-7-18-33-16-4-1-5-17-33/h2-3,9-14,20,24H,1,4-8,15-19,21H2,(H,30,32)(H,31,34). The Hall–Kier alpha value is -2.96. The predicted octanol–water partition coefficient (Wildman–Crippen LogP) is 5.10. The minimum atomic E-state index is -0.0606. The van der Waals surface area contributed by atoms with Gasteiger partial charge in [-0.3, -0.25) is 4.79 Å². The van der Waals surface area contributed by atoms with Crippen LogP contribution < -0.4 is 10.6 Å². The van der Waals surface area contributed by atoms with Gasteiger partial charge in [-0.25, -0.2) is 4.98 Å². The monoisotopic (exact) mass is 472 g/mol. The second-order valence-electron chi connectivity index (χ2n) is 9.68. The Balaban J connectivity index is 1.25. The van der Waals surface area contributed by atoms with E-state index in [0.717, 1.165) is 66.8 Å².